The van der Waals surface area contributed by atoms with E-state index < -0.39 is 23.8 Å². The minimum Gasteiger partial charge on any atom is -0.341 e. The molecule has 0 saturated carbocycles. The van der Waals surface area contributed by atoms with E-state index in [2.05, 4.69) is 22.1 Å². The SMILES string of the molecule is O=C([C@H](Cc1ccccc1)N(Cc1ccc(-c2cccnc2)cc1)C(=O)/C=C/c1ccc(C(F)(F)F)nc1)N1CCC(Cc2ccccc2)CC1. The zero-order valence-corrected chi connectivity index (χ0v) is 28.1. The number of amides is 2. The monoisotopic (exact) mass is 688 g/mol. The molecule has 6 rings (SSSR count). The van der Waals surface area contributed by atoms with E-state index in [0.717, 1.165) is 53.8 Å². The fourth-order valence-electron chi connectivity index (χ4n) is 6.49. The molecule has 0 radical (unpaired) electrons. The first kappa shape index (κ1) is 35.3. The number of rotatable bonds is 11. The average molecular weight is 689 g/mol. The highest BCUT2D eigenvalue weighted by Gasteiger charge is 2.35. The second kappa shape index (κ2) is 16.4. The Morgan fingerprint density at radius 2 is 1.47 bits per heavy atom. The molecule has 3 aromatic carbocycles. The minimum atomic E-state index is -4.57. The van der Waals surface area contributed by atoms with Crippen molar-refractivity contribution >= 4 is 17.9 Å². The van der Waals surface area contributed by atoms with Gasteiger partial charge in [-0.05, 0) is 76.8 Å². The maximum Gasteiger partial charge on any atom is 0.433 e. The van der Waals surface area contributed by atoms with Gasteiger partial charge in [0.2, 0.25) is 11.8 Å². The van der Waals surface area contributed by atoms with E-state index >= 15 is 0 Å². The lowest BCUT2D eigenvalue weighted by Crippen LogP contribution is -2.53. The normalized spacial score (nSPS) is 14.4. The van der Waals surface area contributed by atoms with Crippen LogP contribution in [0.4, 0.5) is 13.2 Å². The zero-order valence-electron chi connectivity index (χ0n) is 28.1. The Morgan fingerprint density at radius 3 is 2.08 bits per heavy atom. The third-order valence-electron chi connectivity index (χ3n) is 9.31. The number of carbonyl (C=O) groups excluding carboxylic acids is 2. The average Bonchev–Trinajstić information content (AvgIpc) is 3.16. The highest BCUT2D eigenvalue weighted by atomic mass is 19.4. The molecule has 2 aromatic heterocycles. The Morgan fingerprint density at radius 1 is 0.784 bits per heavy atom. The summed E-state index contributed by atoms with van der Waals surface area (Å²) in [7, 11) is 0. The van der Waals surface area contributed by atoms with Crippen molar-refractivity contribution in [3.05, 3.63) is 162 Å². The van der Waals surface area contributed by atoms with E-state index in [0.29, 0.717) is 31.0 Å². The van der Waals surface area contributed by atoms with Gasteiger partial charge in [-0.3, -0.25) is 19.6 Å². The van der Waals surface area contributed by atoms with Gasteiger partial charge in [0.05, 0.1) is 0 Å². The van der Waals surface area contributed by atoms with Gasteiger partial charge in [0.25, 0.3) is 0 Å². The van der Waals surface area contributed by atoms with Gasteiger partial charge in [0.1, 0.15) is 11.7 Å². The lowest BCUT2D eigenvalue weighted by atomic mass is 9.89. The van der Waals surface area contributed by atoms with E-state index in [9.17, 15) is 22.8 Å². The summed E-state index contributed by atoms with van der Waals surface area (Å²) in [6.45, 7) is 1.34. The fourth-order valence-corrected chi connectivity index (χ4v) is 6.49. The minimum absolute atomic E-state index is 0.123. The Labute approximate surface area is 296 Å². The van der Waals surface area contributed by atoms with Crippen LogP contribution >= 0.6 is 0 Å². The molecule has 260 valence electrons. The predicted octanol–water partition coefficient (Wildman–Crippen LogP) is 8.30. The highest BCUT2D eigenvalue weighted by molar-refractivity contribution is 5.95. The fraction of sp³-hybridized carbons (Fsp3) is 0.238. The van der Waals surface area contributed by atoms with E-state index in [1.54, 1.807) is 17.3 Å². The standard InChI is InChI=1S/C42H39F3N4O2/c43-42(44,45)39-19-15-34(28-47-39)16-20-40(50)49(30-35-13-17-36(18-14-35)37-12-7-23-46-29-37)38(27-32-10-5-2-6-11-32)41(51)48-24-21-33(22-25-48)26-31-8-3-1-4-9-31/h1-20,23,28-29,33,38H,21-22,24-27,30H2/b20-16+/t38-/m0/s1. The van der Waals surface area contributed by atoms with Gasteiger partial charge in [-0.1, -0.05) is 97.1 Å². The van der Waals surface area contributed by atoms with Gasteiger partial charge in [-0.25, -0.2) is 0 Å². The quantitative estimate of drug-likeness (QED) is 0.131. The maximum atomic E-state index is 14.5. The van der Waals surface area contributed by atoms with Crippen LogP contribution in [0.5, 0.6) is 0 Å². The lowest BCUT2D eigenvalue weighted by Gasteiger charge is -2.38. The third kappa shape index (κ3) is 9.57. The van der Waals surface area contributed by atoms with E-state index in [4.69, 9.17) is 0 Å². The van der Waals surface area contributed by atoms with Gasteiger partial charge < -0.3 is 9.80 Å². The summed E-state index contributed by atoms with van der Waals surface area (Å²) in [5.41, 5.74) is 4.27. The van der Waals surface area contributed by atoms with E-state index in [1.807, 2.05) is 89.8 Å². The number of nitrogens with zero attached hydrogens (tertiary/aromatic N) is 4. The molecular weight excluding hydrogens is 649 g/mol. The van der Waals surface area contributed by atoms with Crippen LogP contribution in [0.25, 0.3) is 17.2 Å². The number of piperidine rings is 1. The number of alkyl halides is 3. The molecule has 2 amide bonds. The van der Waals surface area contributed by atoms with Gasteiger partial charge in [-0.15, -0.1) is 0 Å². The summed E-state index contributed by atoms with van der Waals surface area (Å²) >= 11 is 0. The summed E-state index contributed by atoms with van der Waals surface area (Å²) in [6.07, 6.45) is 5.75. The van der Waals surface area contributed by atoms with Crippen molar-refractivity contribution in [2.24, 2.45) is 5.92 Å². The summed E-state index contributed by atoms with van der Waals surface area (Å²) in [6, 6.07) is 33.0. The molecule has 1 fully saturated rings. The van der Waals surface area contributed by atoms with Crippen molar-refractivity contribution in [3.63, 3.8) is 0 Å². The van der Waals surface area contributed by atoms with Crippen molar-refractivity contribution in [1.82, 2.24) is 19.8 Å². The summed E-state index contributed by atoms with van der Waals surface area (Å²) < 4.78 is 39.3. The Bertz CT molecular complexity index is 1890. The lowest BCUT2D eigenvalue weighted by molar-refractivity contribution is -0.145. The third-order valence-corrected chi connectivity index (χ3v) is 9.31. The highest BCUT2D eigenvalue weighted by Crippen LogP contribution is 2.28. The van der Waals surface area contributed by atoms with Crippen LogP contribution in [0.3, 0.4) is 0 Å². The predicted molar refractivity (Wildman–Crippen MR) is 192 cm³/mol. The molecule has 1 aliphatic heterocycles. The Kier molecular flexibility index (Phi) is 11.4. The van der Waals surface area contributed by atoms with Crippen LogP contribution in [0.1, 0.15) is 40.8 Å². The van der Waals surface area contributed by atoms with Gasteiger partial charge in [0, 0.05) is 50.7 Å². The largest absolute Gasteiger partial charge is 0.433 e. The molecule has 1 atom stereocenters. The number of carbonyl (C=O) groups is 2. The van der Waals surface area contributed by atoms with Crippen LogP contribution in [0, 0.1) is 5.92 Å². The van der Waals surface area contributed by atoms with Gasteiger partial charge in [-0.2, -0.15) is 13.2 Å². The molecular formula is C42H39F3N4O2. The molecule has 0 aliphatic carbocycles. The molecule has 1 saturated heterocycles. The maximum absolute atomic E-state index is 14.5. The van der Waals surface area contributed by atoms with Crippen LogP contribution in [-0.2, 0) is 35.2 Å². The number of benzene rings is 3. The zero-order chi connectivity index (χ0) is 35.6. The van der Waals surface area contributed by atoms with E-state index in [1.165, 1.54) is 23.8 Å². The molecule has 3 heterocycles. The second-order valence-electron chi connectivity index (χ2n) is 12.9. The molecule has 51 heavy (non-hydrogen) atoms. The van der Waals surface area contributed by atoms with Gasteiger partial charge >= 0.3 is 6.18 Å². The van der Waals surface area contributed by atoms with Gasteiger partial charge in [0.15, 0.2) is 0 Å². The van der Waals surface area contributed by atoms with Crippen LogP contribution in [-0.4, -0.2) is 50.7 Å². The van der Waals surface area contributed by atoms with Crippen molar-refractivity contribution in [1.29, 1.82) is 0 Å². The van der Waals surface area contributed by atoms with Crippen molar-refractivity contribution in [3.8, 4) is 11.1 Å². The van der Waals surface area contributed by atoms with Crippen LogP contribution < -0.4 is 0 Å². The smallest absolute Gasteiger partial charge is 0.341 e. The van der Waals surface area contributed by atoms with Crippen molar-refractivity contribution in [2.75, 3.05) is 13.1 Å². The number of hydrogen-bond donors (Lipinski definition) is 0. The number of likely N-dealkylation sites (tertiary alicyclic amines) is 1. The first-order valence-corrected chi connectivity index (χ1v) is 17.1. The molecule has 5 aromatic rings. The van der Waals surface area contributed by atoms with Crippen LogP contribution in [0.15, 0.2) is 134 Å². The molecule has 6 nitrogen and oxygen atoms in total. The molecule has 0 bridgehead atoms. The molecule has 0 spiro atoms. The summed E-state index contributed by atoms with van der Waals surface area (Å²) in [4.78, 5) is 39.9. The topological polar surface area (TPSA) is 66.4 Å². The summed E-state index contributed by atoms with van der Waals surface area (Å²) in [5.74, 6) is -0.0956. The Hall–Kier alpha value is -5.57. The number of hydrogen-bond acceptors (Lipinski definition) is 4. The molecule has 1 aliphatic rings. The summed E-state index contributed by atoms with van der Waals surface area (Å²) in [5, 5.41) is 0. The first-order valence-electron chi connectivity index (χ1n) is 17.1. The van der Waals surface area contributed by atoms with E-state index in [-0.39, 0.29) is 12.5 Å². The van der Waals surface area contributed by atoms with Crippen molar-refractivity contribution < 1.29 is 22.8 Å². The number of pyridine rings is 2. The molecule has 9 heteroatoms. The van der Waals surface area contributed by atoms with Crippen LogP contribution in [0.2, 0.25) is 0 Å². The number of aromatic nitrogens is 2. The second-order valence-corrected chi connectivity index (χ2v) is 12.9. The Balaban J connectivity index is 1.28. The van der Waals surface area contributed by atoms with Crippen molar-refractivity contribution in [2.45, 2.75) is 44.4 Å². The number of halogens is 3. The molecule has 0 unspecified atom stereocenters. The molecule has 0 N–H and O–H groups in total. The first-order chi connectivity index (χ1) is 24.7.